The lowest BCUT2D eigenvalue weighted by atomic mass is 9.71. The molecule has 1 saturated heterocycles. The number of hydrogen-bond acceptors (Lipinski definition) is 5. The molecule has 5 rings (SSSR count). The second-order valence-corrected chi connectivity index (χ2v) is 11.4. The van der Waals surface area contributed by atoms with Crippen molar-refractivity contribution < 1.29 is 13.2 Å². The Morgan fingerprint density at radius 1 is 1.19 bits per heavy atom. The predicted molar refractivity (Wildman–Crippen MR) is 120 cm³/mol. The molecular formula is C24H23N3O3S. The zero-order valence-corrected chi connectivity index (χ0v) is 18.5. The molecule has 6 nitrogen and oxygen atoms in total. The van der Waals surface area contributed by atoms with Crippen molar-refractivity contribution in [2.75, 3.05) is 24.2 Å². The summed E-state index contributed by atoms with van der Waals surface area (Å²) >= 11 is 0. The van der Waals surface area contributed by atoms with Gasteiger partial charge in [0, 0.05) is 52.6 Å². The van der Waals surface area contributed by atoms with E-state index >= 15 is 0 Å². The highest BCUT2D eigenvalue weighted by Crippen LogP contribution is 2.45. The molecule has 1 aliphatic carbocycles. The van der Waals surface area contributed by atoms with Crippen LogP contribution in [0.2, 0.25) is 0 Å². The van der Waals surface area contributed by atoms with Gasteiger partial charge in [-0.1, -0.05) is 19.9 Å². The van der Waals surface area contributed by atoms with Crippen molar-refractivity contribution in [3.63, 3.8) is 0 Å². The van der Waals surface area contributed by atoms with Crippen LogP contribution in [0.3, 0.4) is 0 Å². The van der Waals surface area contributed by atoms with Crippen molar-refractivity contribution in [1.82, 2.24) is 4.98 Å². The number of rotatable bonds is 2. The maximum atomic E-state index is 13.5. The Morgan fingerprint density at radius 2 is 1.97 bits per heavy atom. The summed E-state index contributed by atoms with van der Waals surface area (Å²) in [6.07, 6.45) is 1.91. The first-order valence-electron chi connectivity index (χ1n) is 10.3. The number of nitrogens with zero attached hydrogens (tertiary/aromatic N) is 2. The maximum Gasteiger partial charge on any atom is 0.195 e. The maximum absolute atomic E-state index is 13.5. The van der Waals surface area contributed by atoms with Crippen LogP contribution in [0.15, 0.2) is 36.4 Å². The van der Waals surface area contributed by atoms with Crippen LogP contribution in [0.1, 0.15) is 53.0 Å². The minimum absolute atomic E-state index is 0.0257. The fraction of sp³-hybridized carbons (Fsp3) is 0.333. The number of fused-ring (bicyclic) bond motifs is 4. The summed E-state index contributed by atoms with van der Waals surface area (Å²) in [5.41, 5.74) is 4.95. The Morgan fingerprint density at radius 3 is 2.65 bits per heavy atom. The molecule has 1 aliphatic heterocycles. The van der Waals surface area contributed by atoms with Crippen LogP contribution in [0.5, 0.6) is 0 Å². The molecule has 2 heterocycles. The third kappa shape index (κ3) is 2.89. The summed E-state index contributed by atoms with van der Waals surface area (Å²) in [6.45, 7) is 5.33. The number of carbonyl (C=O) groups excluding carboxylic acids is 1. The molecule has 1 unspecified atom stereocenters. The SMILES string of the molecule is CC1(C)c2cc(N3CCC(S(C)(=O)=O)C3)ccc2C(=O)c2c1[nH]c1cc(C#N)ccc21. The minimum atomic E-state index is -3.08. The molecular weight excluding hydrogens is 410 g/mol. The molecule has 2 aliphatic rings. The Balaban J connectivity index is 1.61. The summed E-state index contributed by atoms with van der Waals surface area (Å²) in [5.74, 6) is -0.0257. The van der Waals surface area contributed by atoms with Crippen LogP contribution in [0.25, 0.3) is 10.9 Å². The second-order valence-electron chi connectivity index (χ2n) is 9.12. The molecule has 1 N–H and O–H groups in total. The molecule has 7 heteroatoms. The van der Waals surface area contributed by atoms with Gasteiger partial charge in [0.25, 0.3) is 0 Å². The molecule has 158 valence electrons. The second kappa shape index (κ2) is 6.44. The van der Waals surface area contributed by atoms with E-state index in [0.29, 0.717) is 36.2 Å². The number of H-pyrrole nitrogens is 1. The van der Waals surface area contributed by atoms with E-state index in [2.05, 4.69) is 29.8 Å². The first kappa shape index (κ1) is 19.8. The van der Waals surface area contributed by atoms with Crippen molar-refractivity contribution in [1.29, 1.82) is 5.26 Å². The zero-order valence-electron chi connectivity index (χ0n) is 17.7. The molecule has 31 heavy (non-hydrogen) atoms. The van der Waals surface area contributed by atoms with E-state index in [9.17, 15) is 18.5 Å². The molecule has 0 radical (unpaired) electrons. The van der Waals surface area contributed by atoms with Crippen LogP contribution < -0.4 is 4.90 Å². The number of hydrogen-bond donors (Lipinski definition) is 1. The van der Waals surface area contributed by atoms with E-state index in [1.165, 1.54) is 6.26 Å². The third-order valence-corrected chi connectivity index (χ3v) is 8.41. The van der Waals surface area contributed by atoms with E-state index < -0.39 is 15.3 Å². The average Bonchev–Trinajstić information content (AvgIpc) is 3.37. The highest BCUT2D eigenvalue weighted by atomic mass is 32.2. The zero-order chi connectivity index (χ0) is 22.1. The molecule has 2 aromatic carbocycles. The van der Waals surface area contributed by atoms with E-state index in [1.807, 2.05) is 24.3 Å². The first-order chi connectivity index (χ1) is 14.6. The average molecular weight is 434 g/mol. The van der Waals surface area contributed by atoms with Gasteiger partial charge in [0.1, 0.15) is 0 Å². The number of ketones is 1. The lowest BCUT2D eigenvalue weighted by molar-refractivity contribution is 0.103. The topological polar surface area (TPSA) is 94.0 Å². The largest absolute Gasteiger partial charge is 0.370 e. The van der Waals surface area contributed by atoms with Gasteiger partial charge in [-0.25, -0.2) is 8.42 Å². The first-order valence-corrected chi connectivity index (χ1v) is 12.3. The van der Waals surface area contributed by atoms with Gasteiger partial charge in [0.05, 0.1) is 22.4 Å². The summed E-state index contributed by atoms with van der Waals surface area (Å²) in [4.78, 5) is 19.0. The number of nitriles is 1. The number of carbonyl (C=O) groups is 1. The quantitative estimate of drug-likeness (QED) is 0.667. The van der Waals surface area contributed by atoms with Crippen LogP contribution in [-0.2, 0) is 15.3 Å². The Labute approximate surface area is 181 Å². The van der Waals surface area contributed by atoms with Crippen molar-refractivity contribution in [2.45, 2.75) is 30.9 Å². The minimum Gasteiger partial charge on any atom is -0.370 e. The van der Waals surface area contributed by atoms with Gasteiger partial charge in [0.2, 0.25) is 0 Å². The Hall–Kier alpha value is -3.11. The van der Waals surface area contributed by atoms with Gasteiger partial charge in [-0.05, 0) is 42.3 Å². The summed E-state index contributed by atoms with van der Waals surface area (Å²) in [7, 11) is -3.08. The fourth-order valence-electron chi connectivity index (χ4n) is 5.00. The highest BCUT2D eigenvalue weighted by molar-refractivity contribution is 7.91. The van der Waals surface area contributed by atoms with E-state index in [0.717, 1.165) is 27.8 Å². The van der Waals surface area contributed by atoms with Crippen molar-refractivity contribution in [2.24, 2.45) is 0 Å². The Kier molecular flexibility index (Phi) is 4.12. The van der Waals surface area contributed by atoms with Crippen LogP contribution in [0, 0.1) is 11.3 Å². The van der Waals surface area contributed by atoms with Crippen molar-refractivity contribution in [3.05, 3.63) is 64.3 Å². The van der Waals surface area contributed by atoms with Crippen LogP contribution in [0.4, 0.5) is 5.69 Å². The highest BCUT2D eigenvalue weighted by Gasteiger charge is 2.40. The summed E-state index contributed by atoms with van der Waals surface area (Å²) in [5, 5.41) is 9.70. The van der Waals surface area contributed by atoms with Gasteiger partial charge in [-0.15, -0.1) is 0 Å². The van der Waals surface area contributed by atoms with E-state index in [4.69, 9.17) is 0 Å². The fourth-order valence-corrected chi connectivity index (χ4v) is 5.98. The number of benzene rings is 2. The molecule has 1 fully saturated rings. The van der Waals surface area contributed by atoms with E-state index in [1.54, 1.807) is 12.1 Å². The predicted octanol–water partition coefficient (Wildman–Crippen LogP) is 3.53. The third-order valence-electron chi connectivity index (χ3n) is 6.82. The number of sulfone groups is 1. The molecule has 3 aromatic rings. The Bertz CT molecular complexity index is 1410. The molecule has 0 amide bonds. The number of nitrogens with one attached hydrogen (secondary N) is 1. The van der Waals surface area contributed by atoms with Crippen LogP contribution >= 0.6 is 0 Å². The lowest BCUT2D eigenvalue weighted by Gasteiger charge is -2.33. The monoisotopic (exact) mass is 433 g/mol. The van der Waals surface area contributed by atoms with Crippen molar-refractivity contribution in [3.8, 4) is 6.07 Å². The van der Waals surface area contributed by atoms with Gasteiger partial charge in [0.15, 0.2) is 15.6 Å². The van der Waals surface area contributed by atoms with Gasteiger partial charge >= 0.3 is 0 Å². The normalized spacial score (nSPS) is 19.9. The van der Waals surface area contributed by atoms with Crippen LogP contribution in [-0.4, -0.2) is 43.8 Å². The van der Waals surface area contributed by atoms with Gasteiger partial charge in [-0.2, -0.15) is 5.26 Å². The molecule has 1 aromatic heterocycles. The number of aromatic amines is 1. The number of aromatic nitrogens is 1. The smallest absolute Gasteiger partial charge is 0.195 e. The molecule has 0 spiro atoms. The standard InChI is InChI=1S/C24H23N3O3S/c1-24(2)19-11-15(27-9-8-16(13-27)31(3,29)30)5-7-17(19)22(28)21-18-6-4-14(12-25)10-20(18)26-23(21)24/h4-7,10-11,16,26H,8-9,13H2,1-3H3. The lowest BCUT2D eigenvalue weighted by Crippen LogP contribution is -2.31. The molecule has 1 atom stereocenters. The molecule has 0 bridgehead atoms. The van der Waals surface area contributed by atoms with Crippen molar-refractivity contribution >= 4 is 32.2 Å². The van der Waals surface area contributed by atoms with Gasteiger partial charge < -0.3 is 9.88 Å². The summed E-state index contributed by atoms with van der Waals surface area (Å²) in [6, 6.07) is 13.3. The number of anilines is 1. The molecule has 0 saturated carbocycles. The van der Waals surface area contributed by atoms with E-state index in [-0.39, 0.29) is 11.0 Å². The van der Waals surface area contributed by atoms with Gasteiger partial charge in [-0.3, -0.25) is 4.79 Å². The summed E-state index contributed by atoms with van der Waals surface area (Å²) < 4.78 is 23.9.